The Balaban J connectivity index is 1.58. The molecule has 2 aliphatic rings. The molecule has 1 aromatic carbocycles. The maximum atomic E-state index is 11.6. The number of benzene rings is 1. The van der Waals surface area contributed by atoms with E-state index in [0.717, 1.165) is 30.5 Å². The van der Waals surface area contributed by atoms with Crippen molar-refractivity contribution >= 4 is 23.4 Å². The van der Waals surface area contributed by atoms with Gasteiger partial charge in [0.2, 0.25) is 5.91 Å². The van der Waals surface area contributed by atoms with E-state index in [0.29, 0.717) is 18.5 Å². The predicted octanol–water partition coefficient (Wildman–Crippen LogP) is 2.40. The van der Waals surface area contributed by atoms with Gasteiger partial charge in [0.25, 0.3) is 0 Å². The van der Waals surface area contributed by atoms with Crippen LogP contribution in [0.15, 0.2) is 29.4 Å². The lowest BCUT2D eigenvalue weighted by atomic mass is 9.96. The van der Waals surface area contributed by atoms with Gasteiger partial charge in [-0.15, -0.1) is 0 Å². The van der Waals surface area contributed by atoms with Crippen molar-refractivity contribution in [1.82, 2.24) is 5.43 Å². The summed E-state index contributed by atoms with van der Waals surface area (Å²) in [6.07, 6.45) is 3.79. The summed E-state index contributed by atoms with van der Waals surface area (Å²) in [4.78, 5) is 22.7. The summed E-state index contributed by atoms with van der Waals surface area (Å²) in [7, 11) is 0. The van der Waals surface area contributed by atoms with Crippen LogP contribution in [-0.2, 0) is 9.53 Å². The highest BCUT2D eigenvalue weighted by Gasteiger charge is 2.21. The molecule has 1 aliphatic heterocycles. The number of hydrogen-bond acceptors (Lipinski definition) is 4. The standard InChI is InChI=1S/C15H17N3O3/c19-14-9-8-13(17-18-14)10-4-6-11(7-5-10)16-15(20)21-12-2-1-3-12/h4-7,12H,1-3,8-9H2,(H,16,20)(H,18,19). The maximum Gasteiger partial charge on any atom is 0.411 e. The second kappa shape index (κ2) is 5.95. The highest BCUT2D eigenvalue weighted by molar-refractivity contribution is 6.04. The van der Waals surface area contributed by atoms with Crippen LogP contribution in [0.1, 0.15) is 37.7 Å². The fourth-order valence-corrected chi connectivity index (χ4v) is 2.22. The third kappa shape index (κ3) is 3.39. The first-order valence-electron chi connectivity index (χ1n) is 7.14. The zero-order chi connectivity index (χ0) is 14.7. The van der Waals surface area contributed by atoms with E-state index in [9.17, 15) is 9.59 Å². The van der Waals surface area contributed by atoms with E-state index in [1.165, 1.54) is 0 Å². The van der Waals surface area contributed by atoms with Crippen LogP contribution in [0.4, 0.5) is 10.5 Å². The quantitative estimate of drug-likeness (QED) is 0.895. The summed E-state index contributed by atoms with van der Waals surface area (Å²) >= 11 is 0. The molecular weight excluding hydrogens is 270 g/mol. The molecule has 0 bridgehead atoms. The van der Waals surface area contributed by atoms with Crippen molar-refractivity contribution in [2.24, 2.45) is 5.10 Å². The van der Waals surface area contributed by atoms with E-state index in [2.05, 4.69) is 15.8 Å². The number of carbonyl (C=O) groups is 2. The average molecular weight is 287 g/mol. The molecule has 1 aliphatic carbocycles. The van der Waals surface area contributed by atoms with Crippen LogP contribution in [0, 0.1) is 0 Å². The molecule has 21 heavy (non-hydrogen) atoms. The van der Waals surface area contributed by atoms with Crippen molar-refractivity contribution in [1.29, 1.82) is 0 Å². The highest BCUT2D eigenvalue weighted by atomic mass is 16.6. The fraction of sp³-hybridized carbons (Fsp3) is 0.400. The third-order valence-corrected chi connectivity index (χ3v) is 3.69. The van der Waals surface area contributed by atoms with Crippen molar-refractivity contribution < 1.29 is 14.3 Å². The van der Waals surface area contributed by atoms with Gasteiger partial charge in [0.15, 0.2) is 0 Å². The summed E-state index contributed by atoms with van der Waals surface area (Å²) in [5.74, 6) is -0.0595. The van der Waals surface area contributed by atoms with Gasteiger partial charge in [0, 0.05) is 18.5 Å². The Bertz CT molecular complexity index is 576. The van der Waals surface area contributed by atoms with Crippen LogP contribution in [0.3, 0.4) is 0 Å². The zero-order valence-corrected chi connectivity index (χ0v) is 11.6. The monoisotopic (exact) mass is 287 g/mol. The van der Waals surface area contributed by atoms with Gasteiger partial charge in [0.05, 0.1) is 5.71 Å². The summed E-state index contributed by atoms with van der Waals surface area (Å²) in [6, 6.07) is 7.34. The number of nitrogens with one attached hydrogen (secondary N) is 2. The van der Waals surface area contributed by atoms with E-state index >= 15 is 0 Å². The topological polar surface area (TPSA) is 79.8 Å². The smallest absolute Gasteiger partial charge is 0.411 e. The molecule has 1 heterocycles. The maximum absolute atomic E-state index is 11.6. The fourth-order valence-electron chi connectivity index (χ4n) is 2.22. The van der Waals surface area contributed by atoms with E-state index in [1.807, 2.05) is 12.1 Å². The van der Waals surface area contributed by atoms with Crippen LogP contribution in [0.25, 0.3) is 0 Å². The van der Waals surface area contributed by atoms with E-state index in [-0.39, 0.29) is 12.0 Å². The molecule has 2 N–H and O–H groups in total. The van der Waals surface area contributed by atoms with Crippen LogP contribution >= 0.6 is 0 Å². The highest BCUT2D eigenvalue weighted by Crippen LogP contribution is 2.22. The summed E-state index contributed by atoms with van der Waals surface area (Å²) in [5.41, 5.74) is 4.94. The van der Waals surface area contributed by atoms with Gasteiger partial charge in [-0.05, 0) is 37.0 Å². The van der Waals surface area contributed by atoms with Crippen LogP contribution in [0.5, 0.6) is 0 Å². The Morgan fingerprint density at radius 2 is 2.00 bits per heavy atom. The van der Waals surface area contributed by atoms with Crippen LogP contribution in [0.2, 0.25) is 0 Å². The largest absolute Gasteiger partial charge is 0.446 e. The van der Waals surface area contributed by atoms with Gasteiger partial charge in [-0.1, -0.05) is 12.1 Å². The Morgan fingerprint density at radius 3 is 2.57 bits per heavy atom. The SMILES string of the molecule is O=C1CCC(c2ccc(NC(=O)OC3CCC3)cc2)=NN1. The molecule has 0 unspecified atom stereocenters. The second-order valence-corrected chi connectivity index (χ2v) is 5.25. The van der Waals surface area contributed by atoms with Gasteiger partial charge in [0.1, 0.15) is 6.10 Å². The molecule has 1 saturated carbocycles. The number of hydrazone groups is 1. The zero-order valence-electron chi connectivity index (χ0n) is 11.6. The first-order chi connectivity index (χ1) is 10.2. The number of rotatable bonds is 3. The van der Waals surface area contributed by atoms with E-state index < -0.39 is 6.09 Å². The minimum Gasteiger partial charge on any atom is -0.446 e. The number of carbonyl (C=O) groups excluding carboxylic acids is 2. The van der Waals surface area contributed by atoms with Crippen molar-refractivity contribution in [3.8, 4) is 0 Å². The molecule has 0 radical (unpaired) electrons. The van der Waals surface area contributed by atoms with Gasteiger partial charge in [-0.2, -0.15) is 5.10 Å². The normalized spacial score (nSPS) is 18.3. The Labute approximate surface area is 122 Å². The Kier molecular flexibility index (Phi) is 3.85. The van der Waals surface area contributed by atoms with Gasteiger partial charge >= 0.3 is 6.09 Å². The van der Waals surface area contributed by atoms with Gasteiger partial charge in [-0.25, -0.2) is 10.2 Å². The third-order valence-electron chi connectivity index (χ3n) is 3.69. The van der Waals surface area contributed by atoms with Crippen molar-refractivity contribution in [2.45, 2.75) is 38.2 Å². The lowest BCUT2D eigenvalue weighted by molar-refractivity contribution is -0.121. The number of hydrogen-bond donors (Lipinski definition) is 2. The molecule has 110 valence electrons. The molecule has 2 amide bonds. The number of nitrogens with zero attached hydrogens (tertiary/aromatic N) is 1. The van der Waals surface area contributed by atoms with Crippen molar-refractivity contribution in [3.05, 3.63) is 29.8 Å². The minimum atomic E-state index is -0.408. The summed E-state index contributed by atoms with van der Waals surface area (Å²) < 4.78 is 5.23. The number of amides is 2. The van der Waals surface area contributed by atoms with Crippen molar-refractivity contribution in [2.75, 3.05) is 5.32 Å². The molecule has 0 spiro atoms. The molecule has 3 rings (SSSR count). The molecule has 0 atom stereocenters. The average Bonchev–Trinajstić information content (AvgIpc) is 2.45. The summed E-state index contributed by atoms with van der Waals surface area (Å²) in [6.45, 7) is 0. The lowest BCUT2D eigenvalue weighted by Crippen LogP contribution is -2.27. The first kappa shape index (κ1) is 13.6. The molecule has 6 heteroatoms. The molecule has 0 aromatic heterocycles. The van der Waals surface area contributed by atoms with Gasteiger partial charge in [-0.3, -0.25) is 10.1 Å². The van der Waals surface area contributed by atoms with E-state index in [1.54, 1.807) is 12.1 Å². The lowest BCUT2D eigenvalue weighted by Gasteiger charge is -2.25. The Hall–Kier alpha value is -2.37. The molecule has 1 aromatic rings. The Morgan fingerprint density at radius 1 is 1.24 bits per heavy atom. The second-order valence-electron chi connectivity index (χ2n) is 5.25. The van der Waals surface area contributed by atoms with Gasteiger partial charge < -0.3 is 4.74 Å². The van der Waals surface area contributed by atoms with Crippen LogP contribution in [-0.4, -0.2) is 23.8 Å². The van der Waals surface area contributed by atoms with Crippen LogP contribution < -0.4 is 10.7 Å². The summed E-state index contributed by atoms with van der Waals surface area (Å²) in [5, 5.41) is 6.74. The van der Waals surface area contributed by atoms with Crippen molar-refractivity contribution in [3.63, 3.8) is 0 Å². The molecular formula is C15H17N3O3. The molecule has 6 nitrogen and oxygen atoms in total. The predicted molar refractivity (Wildman–Crippen MR) is 78.1 cm³/mol. The molecule has 0 saturated heterocycles. The first-order valence-corrected chi connectivity index (χ1v) is 7.14. The molecule has 1 fully saturated rings. The minimum absolute atomic E-state index is 0.0595. The number of anilines is 1. The number of ether oxygens (including phenoxy) is 1. The van der Waals surface area contributed by atoms with E-state index in [4.69, 9.17) is 4.74 Å².